The lowest BCUT2D eigenvalue weighted by Crippen LogP contribution is -2.17. The predicted octanol–water partition coefficient (Wildman–Crippen LogP) is 3.92. The van der Waals surface area contributed by atoms with Crippen LogP contribution in [-0.4, -0.2) is 13.2 Å². The molecule has 3 rings (SSSR count). The molecule has 1 saturated carbocycles. The van der Waals surface area contributed by atoms with Crippen LogP contribution in [0, 0.1) is 29.6 Å². The van der Waals surface area contributed by atoms with E-state index >= 15 is 0 Å². The van der Waals surface area contributed by atoms with Crippen molar-refractivity contribution in [1.29, 1.82) is 0 Å². The van der Waals surface area contributed by atoms with Gasteiger partial charge in [0.15, 0.2) is 0 Å². The Morgan fingerprint density at radius 3 is 2.47 bits per heavy atom. The molecule has 2 heteroatoms. The third-order valence-electron chi connectivity index (χ3n) is 5.49. The summed E-state index contributed by atoms with van der Waals surface area (Å²) in [6, 6.07) is 0. The second-order valence-corrected chi connectivity index (χ2v) is 6.27. The lowest BCUT2D eigenvalue weighted by atomic mass is 9.83. The van der Waals surface area contributed by atoms with E-state index in [1.807, 2.05) is 0 Å². The molecule has 0 saturated heterocycles. The lowest BCUT2D eigenvalue weighted by Gasteiger charge is -2.24. The fourth-order valence-electron chi connectivity index (χ4n) is 4.70. The van der Waals surface area contributed by atoms with Crippen LogP contribution in [0.5, 0.6) is 0 Å². The van der Waals surface area contributed by atoms with Crippen LogP contribution in [0.4, 0.5) is 0 Å². The Bertz CT molecular complexity index is 409. The second kappa shape index (κ2) is 5.07. The van der Waals surface area contributed by atoms with Crippen molar-refractivity contribution in [3.63, 3.8) is 0 Å². The molecular formula is C17H24O2. The highest BCUT2D eigenvalue weighted by atomic mass is 16.5. The Kier molecular flexibility index (Phi) is 3.42. The van der Waals surface area contributed by atoms with E-state index in [4.69, 9.17) is 9.47 Å². The average molecular weight is 260 g/mol. The van der Waals surface area contributed by atoms with Crippen LogP contribution >= 0.6 is 0 Å². The van der Waals surface area contributed by atoms with Crippen LogP contribution < -0.4 is 0 Å². The monoisotopic (exact) mass is 260 g/mol. The molecule has 1 fully saturated rings. The first kappa shape index (κ1) is 12.8. The number of hydrogen-bond donors (Lipinski definition) is 0. The van der Waals surface area contributed by atoms with Gasteiger partial charge in [0.2, 0.25) is 0 Å². The number of allylic oxidation sites excluding steroid dienone is 2. The Hall–Kier alpha value is -1.18. The maximum absolute atomic E-state index is 5.44. The van der Waals surface area contributed by atoms with Gasteiger partial charge in [0, 0.05) is 11.8 Å². The van der Waals surface area contributed by atoms with E-state index in [-0.39, 0.29) is 0 Å². The number of rotatable bonds is 6. The zero-order valence-electron chi connectivity index (χ0n) is 11.8. The molecule has 0 radical (unpaired) electrons. The fraction of sp³-hybridized carbons (Fsp3) is 0.647. The molecule has 3 aliphatic carbocycles. The van der Waals surface area contributed by atoms with Gasteiger partial charge in [-0.2, -0.15) is 0 Å². The first-order valence-electron chi connectivity index (χ1n) is 7.44. The summed E-state index contributed by atoms with van der Waals surface area (Å²) < 4.78 is 10.9. The molecule has 3 aliphatic rings. The highest BCUT2D eigenvalue weighted by Gasteiger charge is 2.51. The fourth-order valence-corrected chi connectivity index (χ4v) is 4.70. The average Bonchev–Trinajstić information content (AvgIpc) is 3.05. The van der Waals surface area contributed by atoms with Crippen molar-refractivity contribution < 1.29 is 9.47 Å². The van der Waals surface area contributed by atoms with Gasteiger partial charge in [-0.1, -0.05) is 31.2 Å². The highest BCUT2D eigenvalue weighted by molar-refractivity contribution is 5.37. The normalized spacial score (nSPS) is 39.3. The summed E-state index contributed by atoms with van der Waals surface area (Å²) in [6.45, 7) is 11.4. The Morgan fingerprint density at radius 1 is 1.11 bits per heavy atom. The molecule has 104 valence electrons. The third kappa shape index (κ3) is 2.01. The Balaban J connectivity index is 1.69. The molecule has 0 aromatic rings. The van der Waals surface area contributed by atoms with Crippen LogP contribution in [-0.2, 0) is 9.47 Å². The summed E-state index contributed by atoms with van der Waals surface area (Å²) in [5, 5.41) is 0. The summed E-state index contributed by atoms with van der Waals surface area (Å²) in [7, 11) is 0. The lowest BCUT2D eigenvalue weighted by molar-refractivity contribution is 0.170. The quantitative estimate of drug-likeness (QED) is 0.532. The topological polar surface area (TPSA) is 18.5 Å². The molecule has 0 aromatic heterocycles. The summed E-state index contributed by atoms with van der Waals surface area (Å²) in [4.78, 5) is 0. The van der Waals surface area contributed by atoms with Crippen molar-refractivity contribution in [2.45, 2.75) is 26.2 Å². The van der Waals surface area contributed by atoms with Crippen LogP contribution in [0.1, 0.15) is 26.2 Å². The number of ether oxygens (including phenoxy) is 2. The SMILES string of the molecule is C=COCC1CC2=C(C3CC(COC=C)C2C3)C1C. The second-order valence-electron chi connectivity index (χ2n) is 6.27. The van der Waals surface area contributed by atoms with Crippen LogP contribution in [0.2, 0.25) is 0 Å². The number of fused-ring (bicyclic) bond motifs is 4. The smallest absolute Gasteiger partial charge is 0.0909 e. The van der Waals surface area contributed by atoms with E-state index < -0.39 is 0 Å². The summed E-state index contributed by atoms with van der Waals surface area (Å²) in [5.74, 6) is 3.67. The summed E-state index contributed by atoms with van der Waals surface area (Å²) >= 11 is 0. The van der Waals surface area contributed by atoms with Crippen molar-refractivity contribution in [1.82, 2.24) is 0 Å². The van der Waals surface area contributed by atoms with Gasteiger partial charge >= 0.3 is 0 Å². The minimum absolute atomic E-state index is 0.660. The van der Waals surface area contributed by atoms with Crippen molar-refractivity contribution in [2.75, 3.05) is 13.2 Å². The molecule has 0 heterocycles. The van der Waals surface area contributed by atoms with Crippen molar-refractivity contribution in [3.05, 3.63) is 36.8 Å². The van der Waals surface area contributed by atoms with E-state index in [0.717, 1.165) is 25.0 Å². The molecular weight excluding hydrogens is 236 g/mol. The zero-order valence-corrected chi connectivity index (χ0v) is 11.8. The van der Waals surface area contributed by atoms with E-state index in [2.05, 4.69) is 20.1 Å². The summed E-state index contributed by atoms with van der Waals surface area (Å²) in [5.41, 5.74) is 3.52. The molecule has 2 nitrogen and oxygen atoms in total. The Labute approximate surface area is 116 Å². The maximum atomic E-state index is 5.44. The van der Waals surface area contributed by atoms with Gasteiger partial charge in [-0.05, 0) is 37.0 Å². The maximum Gasteiger partial charge on any atom is 0.0909 e. The van der Waals surface area contributed by atoms with Crippen LogP contribution in [0.15, 0.2) is 36.8 Å². The van der Waals surface area contributed by atoms with E-state index in [9.17, 15) is 0 Å². The highest BCUT2D eigenvalue weighted by Crippen LogP contribution is 2.60. The van der Waals surface area contributed by atoms with Gasteiger partial charge in [-0.15, -0.1) is 0 Å². The first-order valence-corrected chi connectivity index (χ1v) is 7.44. The number of hydrogen-bond acceptors (Lipinski definition) is 2. The Morgan fingerprint density at radius 2 is 1.79 bits per heavy atom. The zero-order chi connectivity index (χ0) is 13.4. The van der Waals surface area contributed by atoms with Crippen molar-refractivity contribution >= 4 is 0 Å². The van der Waals surface area contributed by atoms with E-state index in [1.54, 1.807) is 23.7 Å². The molecule has 0 N–H and O–H groups in total. The van der Waals surface area contributed by atoms with Crippen molar-refractivity contribution in [3.8, 4) is 0 Å². The minimum Gasteiger partial charge on any atom is -0.502 e. The predicted molar refractivity (Wildman–Crippen MR) is 76.3 cm³/mol. The van der Waals surface area contributed by atoms with Gasteiger partial charge < -0.3 is 9.47 Å². The van der Waals surface area contributed by atoms with Crippen LogP contribution in [0.25, 0.3) is 0 Å². The molecule has 0 amide bonds. The van der Waals surface area contributed by atoms with Gasteiger partial charge in [0.1, 0.15) is 0 Å². The molecule has 0 aliphatic heterocycles. The molecule has 5 atom stereocenters. The molecule has 5 unspecified atom stereocenters. The van der Waals surface area contributed by atoms with Gasteiger partial charge in [-0.25, -0.2) is 0 Å². The van der Waals surface area contributed by atoms with Gasteiger partial charge in [0.05, 0.1) is 25.7 Å². The molecule has 2 bridgehead atoms. The summed E-state index contributed by atoms with van der Waals surface area (Å²) in [6.07, 6.45) is 7.08. The standard InChI is InChI=1S/C17H24O2/c1-4-18-9-13-8-16-15-7-12(17(16)11(13)3)6-14(15)10-19-5-2/h4-5,11-15H,1-2,6-10H2,3H3. The van der Waals surface area contributed by atoms with Gasteiger partial charge in [0.25, 0.3) is 0 Å². The molecule has 0 spiro atoms. The van der Waals surface area contributed by atoms with Crippen molar-refractivity contribution in [2.24, 2.45) is 29.6 Å². The molecule has 19 heavy (non-hydrogen) atoms. The third-order valence-corrected chi connectivity index (χ3v) is 5.49. The van der Waals surface area contributed by atoms with Gasteiger partial charge in [-0.3, -0.25) is 0 Å². The van der Waals surface area contributed by atoms with Crippen LogP contribution in [0.3, 0.4) is 0 Å². The van der Waals surface area contributed by atoms with E-state index in [0.29, 0.717) is 17.8 Å². The van der Waals surface area contributed by atoms with E-state index in [1.165, 1.54) is 19.3 Å². The minimum atomic E-state index is 0.660. The largest absolute Gasteiger partial charge is 0.502 e. The molecule has 0 aromatic carbocycles. The first-order chi connectivity index (χ1) is 9.26.